The van der Waals surface area contributed by atoms with Gasteiger partial charge >= 0.3 is 6.18 Å². The standard InChI is InChI=1S/C17H21F3N2O2/c18-17(19,20)14-5-3-4-13(10-14)11-21-8-9-24-15(12-21)16(23)22-6-1-2-7-22/h3-5,10,15H,1-2,6-9,11-12H2. The van der Waals surface area contributed by atoms with Crippen LogP contribution in [0.25, 0.3) is 0 Å². The summed E-state index contributed by atoms with van der Waals surface area (Å²) in [6.45, 7) is 3.38. The molecule has 2 saturated heterocycles. The molecule has 2 aliphatic heterocycles. The number of carbonyl (C=O) groups excluding carboxylic acids is 1. The molecule has 1 aromatic rings. The van der Waals surface area contributed by atoms with Crippen LogP contribution in [-0.2, 0) is 22.3 Å². The van der Waals surface area contributed by atoms with Gasteiger partial charge in [-0.25, -0.2) is 0 Å². The van der Waals surface area contributed by atoms with Gasteiger partial charge in [0, 0.05) is 32.7 Å². The summed E-state index contributed by atoms with van der Waals surface area (Å²) >= 11 is 0. The van der Waals surface area contributed by atoms with E-state index in [0.717, 1.165) is 32.0 Å². The van der Waals surface area contributed by atoms with Crippen molar-refractivity contribution >= 4 is 5.91 Å². The van der Waals surface area contributed by atoms with Gasteiger partial charge in [0.15, 0.2) is 0 Å². The van der Waals surface area contributed by atoms with Gasteiger partial charge in [-0.1, -0.05) is 18.2 Å². The lowest BCUT2D eigenvalue weighted by molar-refractivity contribution is -0.148. The average molecular weight is 342 g/mol. The number of hydrogen-bond donors (Lipinski definition) is 0. The molecule has 132 valence electrons. The maximum absolute atomic E-state index is 12.8. The van der Waals surface area contributed by atoms with Crippen molar-refractivity contribution in [1.82, 2.24) is 9.80 Å². The molecule has 0 saturated carbocycles. The Labute approximate surface area is 139 Å². The van der Waals surface area contributed by atoms with E-state index in [1.165, 1.54) is 12.1 Å². The number of amides is 1. The van der Waals surface area contributed by atoms with E-state index in [-0.39, 0.29) is 5.91 Å². The zero-order valence-electron chi connectivity index (χ0n) is 13.4. The molecule has 1 unspecified atom stereocenters. The van der Waals surface area contributed by atoms with Crippen LogP contribution in [0.5, 0.6) is 0 Å². The normalized spacial score (nSPS) is 22.8. The van der Waals surface area contributed by atoms with Crippen molar-refractivity contribution in [2.75, 3.05) is 32.8 Å². The van der Waals surface area contributed by atoms with E-state index in [1.54, 1.807) is 6.07 Å². The second-order valence-electron chi connectivity index (χ2n) is 6.33. The van der Waals surface area contributed by atoms with E-state index in [0.29, 0.717) is 31.8 Å². The Hall–Kier alpha value is -1.60. The SMILES string of the molecule is O=C(C1CN(Cc2cccc(C(F)(F)F)c2)CCO1)N1CCCC1. The van der Waals surface area contributed by atoms with Gasteiger partial charge in [0.25, 0.3) is 5.91 Å². The highest BCUT2D eigenvalue weighted by molar-refractivity contribution is 5.81. The molecule has 7 heteroatoms. The number of halogens is 3. The van der Waals surface area contributed by atoms with Crippen molar-refractivity contribution in [3.05, 3.63) is 35.4 Å². The Morgan fingerprint density at radius 3 is 2.67 bits per heavy atom. The van der Waals surface area contributed by atoms with Gasteiger partial charge in [-0.15, -0.1) is 0 Å². The molecule has 0 bridgehead atoms. The van der Waals surface area contributed by atoms with Gasteiger partial charge in [0.2, 0.25) is 0 Å². The molecule has 0 aliphatic carbocycles. The fraction of sp³-hybridized carbons (Fsp3) is 0.588. The minimum Gasteiger partial charge on any atom is -0.366 e. The zero-order chi connectivity index (χ0) is 17.2. The molecule has 2 heterocycles. The van der Waals surface area contributed by atoms with Crippen LogP contribution in [0.2, 0.25) is 0 Å². The van der Waals surface area contributed by atoms with Crippen LogP contribution < -0.4 is 0 Å². The summed E-state index contributed by atoms with van der Waals surface area (Å²) in [5.74, 6) is 0.00115. The van der Waals surface area contributed by atoms with Crippen molar-refractivity contribution in [2.24, 2.45) is 0 Å². The van der Waals surface area contributed by atoms with Gasteiger partial charge in [0.1, 0.15) is 6.10 Å². The van der Waals surface area contributed by atoms with Crippen LogP contribution in [0.4, 0.5) is 13.2 Å². The number of hydrogen-bond acceptors (Lipinski definition) is 3. The first-order chi connectivity index (χ1) is 11.4. The monoisotopic (exact) mass is 342 g/mol. The maximum atomic E-state index is 12.8. The number of likely N-dealkylation sites (tertiary alicyclic amines) is 1. The highest BCUT2D eigenvalue weighted by Crippen LogP contribution is 2.29. The Kier molecular flexibility index (Phi) is 5.10. The predicted molar refractivity (Wildman–Crippen MR) is 82.3 cm³/mol. The second-order valence-corrected chi connectivity index (χ2v) is 6.33. The third-order valence-electron chi connectivity index (χ3n) is 4.50. The molecular weight excluding hydrogens is 321 g/mol. The molecule has 4 nitrogen and oxygen atoms in total. The Morgan fingerprint density at radius 1 is 1.21 bits per heavy atom. The van der Waals surface area contributed by atoms with Crippen molar-refractivity contribution in [3.63, 3.8) is 0 Å². The molecule has 0 spiro atoms. The lowest BCUT2D eigenvalue weighted by atomic mass is 10.1. The molecule has 1 atom stereocenters. The third-order valence-corrected chi connectivity index (χ3v) is 4.50. The Morgan fingerprint density at radius 2 is 1.96 bits per heavy atom. The molecule has 1 aromatic carbocycles. The van der Waals surface area contributed by atoms with Crippen LogP contribution in [0.3, 0.4) is 0 Å². The molecule has 3 rings (SSSR count). The summed E-state index contributed by atoms with van der Waals surface area (Å²) in [5, 5.41) is 0. The molecular formula is C17H21F3N2O2. The van der Waals surface area contributed by atoms with Crippen LogP contribution in [0, 0.1) is 0 Å². The van der Waals surface area contributed by atoms with Crippen molar-refractivity contribution < 1.29 is 22.7 Å². The minimum absolute atomic E-state index is 0.00115. The highest BCUT2D eigenvalue weighted by Gasteiger charge is 2.32. The van der Waals surface area contributed by atoms with E-state index in [1.807, 2.05) is 9.80 Å². The van der Waals surface area contributed by atoms with Gasteiger partial charge in [-0.2, -0.15) is 13.2 Å². The smallest absolute Gasteiger partial charge is 0.366 e. The van der Waals surface area contributed by atoms with Crippen molar-refractivity contribution in [2.45, 2.75) is 31.7 Å². The van der Waals surface area contributed by atoms with Gasteiger partial charge in [0.05, 0.1) is 12.2 Å². The summed E-state index contributed by atoms with van der Waals surface area (Å²) in [4.78, 5) is 16.2. The lowest BCUT2D eigenvalue weighted by Crippen LogP contribution is -2.50. The molecule has 0 aromatic heterocycles. The van der Waals surface area contributed by atoms with Gasteiger partial charge in [-0.3, -0.25) is 9.69 Å². The number of carbonyl (C=O) groups is 1. The van der Waals surface area contributed by atoms with Crippen LogP contribution in [-0.4, -0.2) is 54.6 Å². The lowest BCUT2D eigenvalue weighted by Gasteiger charge is -2.34. The molecule has 0 radical (unpaired) electrons. The third kappa shape index (κ3) is 4.08. The highest BCUT2D eigenvalue weighted by atomic mass is 19.4. The van der Waals surface area contributed by atoms with Crippen LogP contribution >= 0.6 is 0 Å². The largest absolute Gasteiger partial charge is 0.416 e. The topological polar surface area (TPSA) is 32.8 Å². The quantitative estimate of drug-likeness (QED) is 0.846. The van der Waals surface area contributed by atoms with E-state index >= 15 is 0 Å². The fourth-order valence-electron chi connectivity index (χ4n) is 3.24. The number of nitrogens with zero attached hydrogens (tertiary/aromatic N) is 2. The first-order valence-electron chi connectivity index (χ1n) is 8.22. The van der Waals surface area contributed by atoms with Crippen molar-refractivity contribution in [3.8, 4) is 0 Å². The summed E-state index contributed by atoms with van der Waals surface area (Å²) in [5.41, 5.74) is -0.0444. The zero-order valence-corrected chi connectivity index (χ0v) is 13.4. The number of rotatable bonds is 3. The minimum atomic E-state index is -4.34. The average Bonchev–Trinajstić information content (AvgIpc) is 3.08. The summed E-state index contributed by atoms with van der Waals surface area (Å²) < 4.78 is 44.0. The molecule has 2 fully saturated rings. The second kappa shape index (κ2) is 7.11. The van der Waals surface area contributed by atoms with E-state index in [9.17, 15) is 18.0 Å². The Bertz CT molecular complexity index is 585. The molecule has 1 amide bonds. The summed E-state index contributed by atoms with van der Waals surface area (Å²) in [7, 11) is 0. The van der Waals surface area contributed by atoms with Crippen LogP contribution in [0.1, 0.15) is 24.0 Å². The molecule has 2 aliphatic rings. The van der Waals surface area contributed by atoms with Crippen LogP contribution in [0.15, 0.2) is 24.3 Å². The van der Waals surface area contributed by atoms with Crippen molar-refractivity contribution in [1.29, 1.82) is 0 Å². The van der Waals surface area contributed by atoms with E-state index in [4.69, 9.17) is 4.74 Å². The Balaban J connectivity index is 1.62. The van der Waals surface area contributed by atoms with Gasteiger partial charge in [-0.05, 0) is 24.5 Å². The number of alkyl halides is 3. The van der Waals surface area contributed by atoms with Gasteiger partial charge < -0.3 is 9.64 Å². The summed E-state index contributed by atoms with van der Waals surface area (Å²) in [6, 6.07) is 5.35. The first-order valence-corrected chi connectivity index (χ1v) is 8.22. The predicted octanol–water partition coefficient (Wildman–Crippen LogP) is 2.53. The number of benzene rings is 1. The number of morpholine rings is 1. The number of ether oxygens (including phenoxy) is 1. The first kappa shape index (κ1) is 17.2. The fourth-order valence-corrected chi connectivity index (χ4v) is 3.24. The van der Waals surface area contributed by atoms with E-state index in [2.05, 4.69) is 0 Å². The molecule has 24 heavy (non-hydrogen) atoms. The molecule has 0 N–H and O–H groups in total. The summed E-state index contributed by atoms with van der Waals surface area (Å²) in [6.07, 6.45) is -2.81. The maximum Gasteiger partial charge on any atom is 0.416 e. The van der Waals surface area contributed by atoms with E-state index < -0.39 is 17.8 Å².